The summed E-state index contributed by atoms with van der Waals surface area (Å²) in [4.78, 5) is 4.53. The van der Waals surface area contributed by atoms with Crippen molar-refractivity contribution in [2.45, 2.75) is 6.10 Å². The van der Waals surface area contributed by atoms with Gasteiger partial charge in [-0.1, -0.05) is 35.9 Å². The molecule has 1 aliphatic heterocycles. The Morgan fingerprint density at radius 3 is 2.21 bits per heavy atom. The molecule has 28 heavy (non-hydrogen) atoms. The molecule has 0 spiro atoms. The Morgan fingerprint density at radius 2 is 1.57 bits per heavy atom. The van der Waals surface area contributed by atoms with Crippen LogP contribution < -0.4 is 15.4 Å². The maximum absolute atomic E-state index is 10.2. The van der Waals surface area contributed by atoms with Crippen molar-refractivity contribution in [3.05, 3.63) is 53.6 Å². The molecule has 9 heteroatoms. The summed E-state index contributed by atoms with van der Waals surface area (Å²) in [5.74, 6) is 0.616. The van der Waals surface area contributed by atoms with Gasteiger partial charge in [-0.15, -0.1) is 37.2 Å². The summed E-state index contributed by atoms with van der Waals surface area (Å²) in [6.07, 6.45) is -0.550. The van der Waals surface area contributed by atoms with Crippen LogP contribution in [-0.2, 0) is 0 Å². The number of β-amino-alcohol motifs (C(OH)–C–C–N with tert-alkyl or cyclic N) is 1. The lowest BCUT2D eigenvalue weighted by Gasteiger charge is -2.37. The summed E-state index contributed by atoms with van der Waals surface area (Å²) in [7, 11) is 0. The van der Waals surface area contributed by atoms with Crippen molar-refractivity contribution in [1.29, 1.82) is 0 Å². The van der Waals surface area contributed by atoms with Crippen molar-refractivity contribution >= 4 is 60.2 Å². The van der Waals surface area contributed by atoms with Crippen LogP contribution in [0.5, 0.6) is 5.75 Å². The highest BCUT2D eigenvalue weighted by Crippen LogP contribution is 2.26. The lowest BCUT2D eigenvalue weighted by molar-refractivity contribution is 0.0666. The third-order valence-corrected chi connectivity index (χ3v) is 4.70. The normalized spacial score (nSPS) is 14.9. The summed E-state index contributed by atoms with van der Waals surface area (Å²) in [5, 5.41) is 11.0. The van der Waals surface area contributed by atoms with Gasteiger partial charge in [0.25, 0.3) is 0 Å². The van der Waals surface area contributed by atoms with Gasteiger partial charge in [-0.05, 0) is 24.3 Å². The second kappa shape index (κ2) is 13.2. The van der Waals surface area contributed by atoms with Gasteiger partial charge in [-0.25, -0.2) is 0 Å². The molecule has 1 fully saturated rings. The molecule has 2 aromatic carbocycles. The predicted octanol–water partition coefficient (Wildman–Crippen LogP) is 3.75. The average molecular weight is 471 g/mol. The van der Waals surface area contributed by atoms with Crippen LogP contribution >= 0.6 is 48.8 Å². The minimum atomic E-state index is -0.550. The van der Waals surface area contributed by atoms with Gasteiger partial charge in [0.15, 0.2) is 0 Å². The molecule has 3 rings (SSSR count). The zero-order valence-electron chi connectivity index (χ0n) is 15.4. The molecule has 0 saturated carbocycles. The number of ether oxygens (including phenoxy) is 1. The maximum atomic E-state index is 10.2. The number of para-hydroxylation sites is 3. The molecule has 3 N–H and O–H groups in total. The van der Waals surface area contributed by atoms with Crippen molar-refractivity contribution in [3.63, 3.8) is 0 Å². The van der Waals surface area contributed by atoms with Crippen LogP contribution in [0.1, 0.15) is 0 Å². The van der Waals surface area contributed by atoms with Crippen LogP contribution in [0.4, 0.5) is 11.4 Å². The van der Waals surface area contributed by atoms with Gasteiger partial charge < -0.3 is 20.5 Å². The number of nitrogens with zero attached hydrogens (tertiary/aromatic N) is 2. The molecule has 0 bridgehead atoms. The molecule has 0 aliphatic carbocycles. The van der Waals surface area contributed by atoms with Crippen LogP contribution in [-0.4, -0.2) is 55.4 Å². The van der Waals surface area contributed by atoms with E-state index in [1.54, 1.807) is 6.07 Å². The first-order chi connectivity index (χ1) is 12.1. The number of aliphatic hydroxyl groups is 1. The molecule has 1 unspecified atom stereocenters. The van der Waals surface area contributed by atoms with Gasteiger partial charge >= 0.3 is 0 Å². The zero-order chi connectivity index (χ0) is 17.6. The molecule has 1 aliphatic rings. The van der Waals surface area contributed by atoms with Crippen LogP contribution in [0, 0.1) is 0 Å². The van der Waals surface area contributed by atoms with Crippen LogP contribution in [0.3, 0.4) is 0 Å². The van der Waals surface area contributed by atoms with Crippen LogP contribution in [0.25, 0.3) is 0 Å². The molecule has 0 amide bonds. The molecular weight excluding hydrogens is 444 g/mol. The van der Waals surface area contributed by atoms with E-state index in [-0.39, 0.29) is 43.8 Å². The van der Waals surface area contributed by atoms with Crippen molar-refractivity contribution in [2.24, 2.45) is 0 Å². The van der Waals surface area contributed by atoms with E-state index in [0.717, 1.165) is 36.9 Å². The molecule has 1 atom stereocenters. The molecule has 0 aromatic heterocycles. The van der Waals surface area contributed by atoms with E-state index in [9.17, 15) is 5.11 Å². The highest BCUT2D eigenvalue weighted by atomic mass is 35.5. The minimum Gasteiger partial charge on any atom is -0.489 e. The molecule has 0 radical (unpaired) electrons. The molecule has 1 heterocycles. The van der Waals surface area contributed by atoms with Crippen LogP contribution in [0.15, 0.2) is 48.5 Å². The fourth-order valence-corrected chi connectivity index (χ4v) is 3.28. The van der Waals surface area contributed by atoms with Crippen molar-refractivity contribution < 1.29 is 9.84 Å². The number of nitrogen functional groups attached to an aromatic ring is 1. The Labute approximate surface area is 190 Å². The third kappa shape index (κ3) is 7.39. The van der Waals surface area contributed by atoms with Crippen molar-refractivity contribution in [1.82, 2.24) is 4.90 Å². The fraction of sp³-hybridized carbons (Fsp3) is 0.368. The number of rotatable bonds is 6. The number of piperazine rings is 1. The van der Waals surface area contributed by atoms with Crippen LogP contribution in [0.2, 0.25) is 5.02 Å². The first kappa shape index (κ1) is 26.9. The Hall–Kier alpha value is -1.08. The predicted molar refractivity (Wildman–Crippen MR) is 124 cm³/mol. The van der Waals surface area contributed by atoms with E-state index < -0.39 is 6.10 Å². The lowest BCUT2D eigenvalue weighted by atomic mass is 10.2. The van der Waals surface area contributed by atoms with Gasteiger partial charge in [0, 0.05) is 32.7 Å². The quantitative estimate of drug-likeness (QED) is 0.629. The molecule has 158 valence electrons. The highest BCUT2D eigenvalue weighted by Gasteiger charge is 2.21. The van der Waals surface area contributed by atoms with E-state index in [2.05, 4.69) is 9.80 Å². The smallest absolute Gasteiger partial charge is 0.142 e. The number of aliphatic hydroxyl groups excluding tert-OH is 1. The summed E-state index contributed by atoms with van der Waals surface area (Å²) in [5.41, 5.74) is 7.50. The van der Waals surface area contributed by atoms with E-state index in [1.165, 1.54) is 0 Å². The van der Waals surface area contributed by atoms with E-state index >= 15 is 0 Å². The van der Waals surface area contributed by atoms with Crippen molar-refractivity contribution in [3.8, 4) is 5.75 Å². The van der Waals surface area contributed by atoms with Gasteiger partial charge in [0.05, 0.1) is 16.4 Å². The fourth-order valence-electron chi connectivity index (χ4n) is 3.03. The van der Waals surface area contributed by atoms with E-state index in [4.69, 9.17) is 22.1 Å². The monoisotopic (exact) mass is 469 g/mol. The van der Waals surface area contributed by atoms with E-state index in [0.29, 0.717) is 18.0 Å². The van der Waals surface area contributed by atoms with Gasteiger partial charge in [0.1, 0.15) is 18.5 Å². The maximum Gasteiger partial charge on any atom is 0.142 e. The van der Waals surface area contributed by atoms with Gasteiger partial charge in [-0.3, -0.25) is 4.90 Å². The number of benzene rings is 2. The standard InChI is InChI=1S/C19H24ClN3O2.3ClH/c20-16-5-1-3-7-18(16)23-11-9-22(10-12-23)13-15(24)14-25-19-8-4-2-6-17(19)21;;;/h1-8,15,24H,9-14,21H2;3*1H. The largest absolute Gasteiger partial charge is 0.489 e. The lowest BCUT2D eigenvalue weighted by Crippen LogP contribution is -2.49. The number of anilines is 2. The topological polar surface area (TPSA) is 62.0 Å². The number of halogens is 4. The second-order valence-corrected chi connectivity index (χ2v) is 6.65. The SMILES string of the molecule is Cl.Cl.Cl.Nc1ccccc1OCC(O)CN1CCN(c2ccccc2Cl)CC1. The first-order valence-corrected chi connectivity index (χ1v) is 8.88. The number of hydrogen-bond donors (Lipinski definition) is 2. The average Bonchev–Trinajstić information content (AvgIpc) is 2.62. The van der Waals surface area contributed by atoms with Gasteiger partial charge in [-0.2, -0.15) is 0 Å². The summed E-state index contributed by atoms with van der Waals surface area (Å²) in [6.45, 7) is 4.37. The zero-order valence-corrected chi connectivity index (χ0v) is 18.6. The van der Waals surface area contributed by atoms with Crippen molar-refractivity contribution in [2.75, 3.05) is 50.0 Å². The van der Waals surface area contributed by atoms with Gasteiger partial charge in [0.2, 0.25) is 0 Å². The van der Waals surface area contributed by atoms with E-state index in [1.807, 2.05) is 42.5 Å². The number of nitrogens with two attached hydrogens (primary N) is 1. The summed E-state index contributed by atoms with van der Waals surface area (Å²) >= 11 is 6.27. The third-order valence-electron chi connectivity index (χ3n) is 4.38. The molecule has 5 nitrogen and oxygen atoms in total. The Kier molecular flexibility index (Phi) is 12.7. The highest BCUT2D eigenvalue weighted by molar-refractivity contribution is 6.33. The summed E-state index contributed by atoms with van der Waals surface area (Å²) in [6, 6.07) is 15.2. The first-order valence-electron chi connectivity index (χ1n) is 8.50. The Morgan fingerprint density at radius 1 is 0.964 bits per heavy atom. The molecule has 1 saturated heterocycles. The Balaban J connectivity index is 0.00000243. The number of hydrogen-bond acceptors (Lipinski definition) is 5. The minimum absolute atomic E-state index is 0. The summed E-state index contributed by atoms with van der Waals surface area (Å²) < 4.78 is 5.62. The second-order valence-electron chi connectivity index (χ2n) is 6.24. The molecular formula is C19H27Cl4N3O2. The Bertz CT molecular complexity index is 700. The molecule has 2 aromatic rings.